The highest BCUT2D eigenvalue weighted by molar-refractivity contribution is 7.91. The van der Waals surface area contributed by atoms with Gasteiger partial charge in [-0.3, -0.25) is 4.79 Å². The standard InChI is InChI=1S/C12H17NO4S2/c1-2-9-6-7-11(18-9)19(16,17)13-8-4-3-5-10(13)12(14)15/h6-7,10H,2-5,8H2,1H3,(H,14,15)/t10-/m0/s1. The van der Waals surface area contributed by atoms with Crippen LogP contribution in [-0.2, 0) is 21.2 Å². The number of hydrogen-bond donors (Lipinski definition) is 1. The Balaban J connectivity index is 2.34. The molecule has 1 fully saturated rings. The smallest absolute Gasteiger partial charge is 0.322 e. The zero-order valence-electron chi connectivity index (χ0n) is 10.7. The van der Waals surface area contributed by atoms with E-state index in [1.54, 1.807) is 12.1 Å². The fourth-order valence-corrected chi connectivity index (χ4v) is 5.32. The molecule has 1 aromatic heterocycles. The first kappa shape index (κ1) is 14.5. The van der Waals surface area contributed by atoms with Crippen LogP contribution in [0.2, 0.25) is 0 Å². The third kappa shape index (κ3) is 2.82. The maximum atomic E-state index is 12.5. The van der Waals surface area contributed by atoms with Crippen LogP contribution in [0.15, 0.2) is 16.3 Å². The second kappa shape index (κ2) is 5.60. The van der Waals surface area contributed by atoms with Gasteiger partial charge in [0.15, 0.2) is 0 Å². The number of carboxylic acid groups (broad SMARTS) is 1. The lowest BCUT2D eigenvalue weighted by atomic mass is 10.1. The molecule has 7 heteroatoms. The van der Waals surface area contributed by atoms with Gasteiger partial charge in [-0.05, 0) is 37.8 Å². The summed E-state index contributed by atoms with van der Waals surface area (Å²) in [6.45, 7) is 2.25. The van der Waals surface area contributed by atoms with Crippen molar-refractivity contribution in [3.8, 4) is 0 Å². The highest BCUT2D eigenvalue weighted by atomic mass is 32.2. The Morgan fingerprint density at radius 2 is 2.21 bits per heavy atom. The van der Waals surface area contributed by atoms with Gasteiger partial charge in [-0.25, -0.2) is 8.42 Å². The first-order chi connectivity index (χ1) is 8.96. The number of rotatable bonds is 4. The molecule has 1 aliphatic rings. The molecule has 0 saturated carbocycles. The van der Waals surface area contributed by atoms with Crippen LogP contribution in [0.1, 0.15) is 31.1 Å². The number of carbonyl (C=O) groups is 1. The highest BCUT2D eigenvalue weighted by Gasteiger charge is 2.38. The van der Waals surface area contributed by atoms with Crippen molar-refractivity contribution in [2.75, 3.05) is 6.54 Å². The molecule has 0 aromatic carbocycles. The predicted molar refractivity (Wildman–Crippen MR) is 72.9 cm³/mol. The summed E-state index contributed by atoms with van der Waals surface area (Å²) in [7, 11) is -3.67. The number of nitrogens with zero attached hydrogens (tertiary/aromatic N) is 1. The van der Waals surface area contributed by atoms with Crippen LogP contribution >= 0.6 is 11.3 Å². The Morgan fingerprint density at radius 3 is 2.79 bits per heavy atom. The fourth-order valence-electron chi connectivity index (χ4n) is 2.24. The minimum Gasteiger partial charge on any atom is -0.480 e. The topological polar surface area (TPSA) is 74.7 Å². The lowest BCUT2D eigenvalue weighted by Gasteiger charge is -2.31. The van der Waals surface area contributed by atoms with Crippen molar-refractivity contribution in [1.82, 2.24) is 4.31 Å². The Kier molecular flexibility index (Phi) is 4.27. The third-order valence-electron chi connectivity index (χ3n) is 3.29. The molecule has 0 aliphatic carbocycles. The summed E-state index contributed by atoms with van der Waals surface area (Å²) < 4.78 is 26.4. The number of hydrogen-bond acceptors (Lipinski definition) is 4. The molecule has 0 spiro atoms. The van der Waals surface area contributed by atoms with Crippen molar-refractivity contribution in [2.45, 2.75) is 42.9 Å². The van der Waals surface area contributed by atoms with Crippen molar-refractivity contribution >= 4 is 27.3 Å². The monoisotopic (exact) mass is 303 g/mol. The van der Waals surface area contributed by atoms with Crippen LogP contribution in [0.4, 0.5) is 0 Å². The van der Waals surface area contributed by atoms with Gasteiger partial charge in [0.25, 0.3) is 10.0 Å². The van der Waals surface area contributed by atoms with E-state index in [1.807, 2.05) is 6.92 Å². The van der Waals surface area contributed by atoms with E-state index in [1.165, 1.54) is 11.3 Å². The van der Waals surface area contributed by atoms with E-state index in [9.17, 15) is 13.2 Å². The van der Waals surface area contributed by atoms with Gasteiger partial charge in [-0.2, -0.15) is 4.31 Å². The number of sulfonamides is 1. The molecule has 0 bridgehead atoms. The normalized spacial score (nSPS) is 21.4. The van der Waals surface area contributed by atoms with Crippen LogP contribution in [0, 0.1) is 0 Å². The van der Waals surface area contributed by atoms with E-state index in [0.717, 1.165) is 28.4 Å². The molecule has 1 aliphatic heterocycles. The second-order valence-electron chi connectivity index (χ2n) is 4.54. The number of thiophene rings is 1. The van der Waals surface area contributed by atoms with Gasteiger partial charge in [-0.15, -0.1) is 11.3 Å². The van der Waals surface area contributed by atoms with E-state index in [-0.39, 0.29) is 4.21 Å². The predicted octanol–water partition coefficient (Wildman–Crippen LogP) is 1.94. The van der Waals surface area contributed by atoms with Crippen LogP contribution in [0.5, 0.6) is 0 Å². The summed E-state index contributed by atoms with van der Waals surface area (Å²) in [6.07, 6.45) is 2.64. The first-order valence-corrected chi connectivity index (χ1v) is 8.56. The molecule has 1 atom stereocenters. The fraction of sp³-hybridized carbons (Fsp3) is 0.583. The molecule has 0 amide bonds. The zero-order chi connectivity index (χ0) is 14.0. The van der Waals surface area contributed by atoms with Crippen LogP contribution in [0.25, 0.3) is 0 Å². The van der Waals surface area contributed by atoms with Gasteiger partial charge in [0.2, 0.25) is 0 Å². The minimum absolute atomic E-state index is 0.248. The van der Waals surface area contributed by atoms with Crippen molar-refractivity contribution in [3.05, 3.63) is 17.0 Å². The van der Waals surface area contributed by atoms with Crippen molar-refractivity contribution < 1.29 is 18.3 Å². The minimum atomic E-state index is -3.67. The quantitative estimate of drug-likeness (QED) is 0.922. The van der Waals surface area contributed by atoms with Gasteiger partial charge >= 0.3 is 5.97 Å². The second-order valence-corrected chi connectivity index (χ2v) is 7.83. The average molecular weight is 303 g/mol. The third-order valence-corrected chi connectivity index (χ3v) is 6.89. The van der Waals surface area contributed by atoms with Crippen molar-refractivity contribution in [2.24, 2.45) is 0 Å². The molecule has 5 nitrogen and oxygen atoms in total. The van der Waals surface area contributed by atoms with Crippen LogP contribution < -0.4 is 0 Å². The summed E-state index contributed by atoms with van der Waals surface area (Å²) in [5.74, 6) is -1.06. The zero-order valence-corrected chi connectivity index (χ0v) is 12.3. The summed E-state index contributed by atoms with van der Waals surface area (Å²) in [5.41, 5.74) is 0. The molecule has 0 radical (unpaired) electrons. The molecular formula is C12H17NO4S2. The van der Waals surface area contributed by atoms with Crippen molar-refractivity contribution in [3.63, 3.8) is 0 Å². The molecule has 0 unspecified atom stereocenters. The lowest BCUT2D eigenvalue weighted by molar-refractivity contribution is -0.142. The van der Waals surface area contributed by atoms with Gasteiger partial charge in [0, 0.05) is 11.4 Å². The number of piperidine rings is 1. The summed E-state index contributed by atoms with van der Waals surface area (Å²) in [4.78, 5) is 12.2. The van der Waals surface area contributed by atoms with Crippen LogP contribution in [-0.4, -0.2) is 36.4 Å². The number of aliphatic carboxylic acids is 1. The molecule has 2 heterocycles. The Morgan fingerprint density at radius 1 is 1.47 bits per heavy atom. The summed E-state index contributed by atoms with van der Waals surface area (Å²) >= 11 is 1.22. The molecule has 1 saturated heterocycles. The SMILES string of the molecule is CCc1ccc(S(=O)(=O)N2CCCC[C@H]2C(=O)O)s1. The van der Waals surface area contributed by atoms with E-state index in [4.69, 9.17) is 5.11 Å². The van der Waals surface area contributed by atoms with Gasteiger partial charge in [0.1, 0.15) is 10.3 Å². The summed E-state index contributed by atoms with van der Waals surface area (Å²) in [6, 6.07) is 2.44. The first-order valence-electron chi connectivity index (χ1n) is 6.30. The Hall–Kier alpha value is -0.920. The molecule has 106 valence electrons. The lowest BCUT2D eigenvalue weighted by Crippen LogP contribution is -2.47. The van der Waals surface area contributed by atoms with Gasteiger partial charge in [-0.1, -0.05) is 6.92 Å². The van der Waals surface area contributed by atoms with E-state index >= 15 is 0 Å². The van der Waals surface area contributed by atoms with Crippen LogP contribution in [0.3, 0.4) is 0 Å². The summed E-state index contributed by atoms with van der Waals surface area (Å²) in [5, 5.41) is 9.17. The molecule has 19 heavy (non-hydrogen) atoms. The van der Waals surface area contributed by atoms with Gasteiger partial charge < -0.3 is 5.11 Å². The molecule has 2 rings (SSSR count). The maximum Gasteiger partial charge on any atom is 0.322 e. The van der Waals surface area contributed by atoms with E-state index in [0.29, 0.717) is 13.0 Å². The van der Waals surface area contributed by atoms with E-state index < -0.39 is 22.0 Å². The number of carboxylic acids is 1. The molecule has 1 N–H and O–H groups in total. The average Bonchev–Trinajstić information content (AvgIpc) is 2.88. The largest absolute Gasteiger partial charge is 0.480 e. The van der Waals surface area contributed by atoms with Gasteiger partial charge in [0.05, 0.1) is 0 Å². The van der Waals surface area contributed by atoms with Crippen molar-refractivity contribution in [1.29, 1.82) is 0 Å². The maximum absolute atomic E-state index is 12.5. The van der Waals surface area contributed by atoms with E-state index in [2.05, 4.69) is 0 Å². The Labute approximate surface area is 116 Å². The Bertz CT molecular complexity index is 564. The number of aryl methyl sites for hydroxylation is 1. The molecule has 1 aromatic rings. The molecular weight excluding hydrogens is 286 g/mol. The highest BCUT2D eigenvalue weighted by Crippen LogP contribution is 2.30.